The van der Waals surface area contributed by atoms with Crippen LogP contribution in [0, 0.1) is 6.92 Å². The van der Waals surface area contributed by atoms with Crippen LogP contribution in [0.1, 0.15) is 12.7 Å². The molecule has 2 amide bonds. The molecule has 72 valence electrons. The number of carbonyl (C=O) groups excluding carboxylic acids is 1. The molecule has 0 atom stereocenters. The summed E-state index contributed by atoms with van der Waals surface area (Å²) >= 11 is 0. The molecule has 5 nitrogen and oxygen atoms in total. The van der Waals surface area contributed by atoms with Crippen molar-refractivity contribution in [2.45, 2.75) is 13.8 Å². The zero-order valence-corrected chi connectivity index (χ0v) is 8.00. The molecule has 0 fully saturated rings. The summed E-state index contributed by atoms with van der Waals surface area (Å²) in [6, 6.07) is 1.54. The first-order valence-electron chi connectivity index (χ1n) is 4.11. The molecule has 0 saturated heterocycles. The van der Waals surface area contributed by atoms with Crippen LogP contribution in [0.15, 0.2) is 10.6 Å². The van der Waals surface area contributed by atoms with Crippen LogP contribution < -0.4 is 10.2 Å². The molecule has 0 radical (unpaired) electrons. The highest BCUT2D eigenvalue weighted by Crippen LogP contribution is 2.13. The molecule has 1 aromatic heterocycles. The van der Waals surface area contributed by atoms with Gasteiger partial charge in [0.2, 0.25) is 0 Å². The Morgan fingerprint density at radius 2 is 2.46 bits per heavy atom. The van der Waals surface area contributed by atoms with Gasteiger partial charge >= 0.3 is 6.03 Å². The maximum atomic E-state index is 11.3. The van der Waals surface area contributed by atoms with E-state index in [1.165, 1.54) is 4.90 Å². The first-order valence-corrected chi connectivity index (χ1v) is 4.11. The van der Waals surface area contributed by atoms with Gasteiger partial charge in [-0.1, -0.05) is 5.16 Å². The summed E-state index contributed by atoms with van der Waals surface area (Å²) in [7, 11) is 1.58. The molecule has 0 bridgehead atoms. The van der Waals surface area contributed by atoms with Gasteiger partial charge in [0, 0.05) is 19.7 Å². The number of anilines is 1. The summed E-state index contributed by atoms with van der Waals surface area (Å²) in [6.07, 6.45) is 0. The summed E-state index contributed by atoms with van der Waals surface area (Å²) < 4.78 is 4.87. The van der Waals surface area contributed by atoms with Crippen molar-refractivity contribution in [3.05, 3.63) is 11.8 Å². The standard InChI is InChI=1S/C8H13N3O2/c1-4-11(8(12)9-3)7-5-6(2)13-10-7/h5H,4H2,1-3H3,(H,9,12). The summed E-state index contributed by atoms with van der Waals surface area (Å²) in [4.78, 5) is 12.8. The van der Waals surface area contributed by atoms with E-state index in [0.29, 0.717) is 18.1 Å². The van der Waals surface area contributed by atoms with Crippen molar-refractivity contribution >= 4 is 11.8 Å². The zero-order valence-electron chi connectivity index (χ0n) is 8.00. The molecule has 0 aliphatic rings. The van der Waals surface area contributed by atoms with Gasteiger partial charge in [-0.3, -0.25) is 4.90 Å². The number of hydrogen-bond donors (Lipinski definition) is 1. The Labute approximate surface area is 76.7 Å². The van der Waals surface area contributed by atoms with Gasteiger partial charge in [-0.05, 0) is 13.8 Å². The summed E-state index contributed by atoms with van der Waals surface area (Å²) in [5.74, 6) is 1.23. The molecule has 1 N–H and O–H groups in total. The molecule has 13 heavy (non-hydrogen) atoms. The van der Waals surface area contributed by atoms with Gasteiger partial charge < -0.3 is 9.84 Å². The summed E-state index contributed by atoms with van der Waals surface area (Å²) in [6.45, 7) is 4.22. The third kappa shape index (κ3) is 1.99. The van der Waals surface area contributed by atoms with Crippen LogP contribution in [0.4, 0.5) is 10.6 Å². The quantitative estimate of drug-likeness (QED) is 0.748. The van der Waals surface area contributed by atoms with Gasteiger partial charge in [0.05, 0.1) is 0 Å². The topological polar surface area (TPSA) is 58.4 Å². The molecule has 0 aliphatic heterocycles. The monoisotopic (exact) mass is 183 g/mol. The molecule has 0 aliphatic carbocycles. The van der Waals surface area contributed by atoms with Crippen molar-refractivity contribution in [2.75, 3.05) is 18.5 Å². The van der Waals surface area contributed by atoms with Crippen molar-refractivity contribution in [3.8, 4) is 0 Å². The average molecular weight is 183 g/mol. The van der Waals surface area contributed by atoms with E-state index in [1.807, 2.05) is 6.92 Å². The van der Waals surface area contributed by atoms with Gasteiger partial charge in [-0.15, -0.1) is 0 Å². The number of amides is 2. The number of nitrogens with zero attached hydrogens (tertiary/aromatic N) is 2. The maximum absolute atomic E-state index is 11.3. The lowest BCUT2D eigenvalue weighted by Gasteiger charge is -2.15. The van der Waals surface area contributed by atoms with Crippen LogP contribution in [-0.4, -0.2) is 24.8 Å². The summed E-state index contributed by atoms with van der Waals surface area (Å²) in [5.41, 5.74) is 0. The molecule has 1 heterocycles. The van der Waals surface area contributed by atoms with Crippen LogP contribution >= 0.6 is 0 Å². The molecule has 0 unspecified atom stereocenters. The highest BCUT2D eigenvalue weighted by Gasteiger charge is 2.15. The van der Waals surface area contributed by atoms with Crippen LogP contribution in [0.3, 0.4) is 0 Å². The van der Waals surface area contributed by atoms with Crippen LogP contribution in [0.2, 0.25) is 0 Å². The number of hydrogen-bond acceptors (Lipinski definition) is 3. The predicted octanol–water partition coefficient (Wildman–Crippen LogP) is 1.15. The second-order valence-electron chi connectivity index (χ2n) is 2.60. The third-order valence-corrected chi connectivity index (χ3v) is 1.67. The Balaban J connectivity index is 2.84. The number of urea groups is 1. The van der Waals surface area contributed by atoms with Gasteiger partial charge in [0.25, 0.3) is 0 Å². The summed E-state index contributed by atoms with van der Waals surface area (Å²) in [5, 5.41) is 6.28. The average Bonchev–Trinajstić information content (AvgIpc) is 2.53. The highest BCUT2D eigenvalue weighted by molar-refractivity contribution is 5.90. The van der Waals surface area contributed by atoms with E-state index in [-0.39, 0.29) is 6.03 Å². The van der Waals surface area contributed by atoms with E-state index in [2.05, 4.69) is 10.5 Å². The Morgan fingerprint density at radius 1 is 1.77 bits per heavy atom. The Bertz CT molecular complexity index is 295. The number of aromatic nitrogens is 1. The van der Waals surface area contributed by atoms with E-state index in [1.54, 1.807) is 20.0 Å². The van der Waals surface area contributed by atoms with E-state index in [9.17, 15) is 4.79 Å². The number of nitrogens with one attached hydrogen (secondary N) is 1. The molecular weight excluding hydrogens is 170 g/mol. The second kappa shape index (κ2) is 3.93. The first kappa shape index (κ1) is 9.57. The first-order chi connectivity index (χ1) is 6.19. The number of aryl methyl sites for hydroxylation is 1. The molecular formula is C8H13N3O2. The molecule has 1 rings (SSSR count). The molecule has 0 saturated carbocycles. The van der Waals surface area contributed by atoms with Gasteiger partial charge in [0.1, 0.15) is 5.76 Å². The fourth-order valence-electron chi connectivity index (χ4n) is 1.03. The molecule has 5 heteroatoms. The number of carbonyl (C=O) groups is 1. The molecule has 0 spiro atoms. The zero-order chi connectivity index (χ0) is 9.84. The smallest absolute Gasteiger partial charge is 0.322 e. The SMILES string of the molecule is CCN(C(=O)NC)c1cc(C)on1. The van der Waals surface area contributed by atoms with E-state index in [4.69, 9.17) is 4.52 Å². The lowest BCUT2D eigenvalue weighted by Crippen LogP contribution is -2.38. The maximum Gasteiger partial charge on any atom is 0.322 e. The second-order valence-corrected chi connectivity index (χ2v) is 2.60. The Hall–Kier alpha value is -1.52. The highest BCUT2D eigenvalue weighted by atomic mass is 16.5. The van der Waals surface area contributed by atoms with Crippen molar-refractivity contribution < 1.29 is 9.32 Å². The molecule has 1 aromatic rings. The van der Waals surface area contributed by atoms with Gasteiger partial charge in [0.15, 0.2) is 5.82 Å². The number of rotatable bonds is 2. The van der Waals surface area contributed by atoms with Crippen LogP contribution in [0.25, 0.3) is 0 Å². The van der Waals surface area contributed by atoms with Crippen LogP contribution in [0.5, 0.6) is 0 Å². The lowest BCUT2D eigenvalue weighted by molar-refractivity contribution is 0.248. The largest absolute Gasteiger partial charge is 0.360 e. The van der Waals surface area contributed by atoms with E-state index < -0.39 is 0 Å². The van der Waals surface area contributed by atoms with Crippen molar-refractivity contribution in [2.24, 2.45) is 0 Å². The van der Waals surface area contributed by atoms with Crippen molar-refractivity contribution in [1.82, 2.24) is 10.5 Å². The fraction of sp³-hybridized carbons (Fsp3) is 0.500. The van der Waals surface area contributed by atoms with E-state index >= 15 is 0 Å². The predicted molar refractivity (Wildman–Crippen MR) is 48.7 cm³/mol. The van der Waals surface area contributed by atoms with Gasteiger partial charge in [-0.2, -0.15) is 0 Å². The Morgan fingerprint density at radius 3 is 2.85 bits per heavy atom. The third-order valence-electron chi connectivity index (χ3n) is 1.67. The van der Waals surface area contributed by atoms with Crippen molar-refractivity contribution in [1.29, 1.82) is 0 Å². The minimum atomic E-state index is -0.184. The fourth-order valence-corrected chi connectivity index (χ4v) is 1.03. The lowest BCUT2D eigenvalue weighted by atomic mass is 10.4. The Kier molecular flexibility index (Phi) is 2.89. The minimum Gasteiger partial charge on any atom is -0.360 e. The molecule has 0 aromatic carbocycles. The minimum absolute atomic E-state index is 0.184. The van der Waals surface area contributed by atoms with Gasteiger partial charge in [-0.25, -0.2) is 4.79 Å². The van der Waals surface area contributed by atoms with E-state index in [0.717, 1.165) is 0 Å². The normalized spacial score (nSPS) is 9.77. The van der Waals surface area contributed by atoms with Crippen molar-refractivity contribution in [3.63, 3.8) is 0 Å². The van der Waals surface area contributed by atoms with Crippen LogP contribution in [-0.2, 0) is 0 Å².